The Morgan fingerprint density at radius 3 is 2.35 bits per heavy atom. The summed E-state index contributed by atoms with van der Waals surface area (Å²) in [4.78, 5) is 20.5. The first kappa shape index (κ1) is 22.8. The summed E-state index contributed by atoms with van der Waals surface area (Å²) >= 11 is 0. The van der Waals surface area contributed by atoms with E-state index in [0.717, 1.165) is 52.1 Å². The van der Waals surface area contributed by atoms with E-state index in [-0.39, 0.29) is 5.92 Å². The van der Waals surface area contributed by atoms with Gasteiger partial charge >= 0.3 is 0 Å². The Kier molecular flexibility index (Phi) is 8.02. The van der Waals surface area contributed by atoms with Crippen molar-refractivity contribution in [1.29, 1.82) is 0 Å². The molecule has 3 saturated heterocycles. The van der Waals surface area contributed by atoms with Crippen molar-refractivity contribution in [1.82, 2.24) is 20.0 Å². The number of nitrogens with zero attached hydrogens (tertiary/aromatic N) is 3. The number of hydrogen-bond acceptors (Lipinski definition) is 4. The van der Waals surface area contributed by atoms with Crippen LogP contribution in [0.5, 0.6) is 0 Å². The molecule has 4 rings (SSSR count). The van der Waals surface area contributed by atoms with E-state index >= 15 is 0 Å². The molecule has 3 aliphatic rings. The first-order valence-electron chi connectivity index (χ1n) is 12.6. The Balaban J connectivity index is 1.14. The van der Waals surface area contributed by atoms with Crippen molar-refractivity contribution in [2.75, 3.05) is 52.4 Å². The predicted molar refractivity (Wildman–Crippen MR) is 127 cm³/mol. The van der Waals surface area contributed by atoms with Crippen LogP contribution in [0.4, 0.5) is 0 Å². The van der Waals surface area contributed by atoms with Crippen molar-refractivity contribution < 1.29 is 4.79 Å². The zero-order chi connectivity index (χ0) is 21.6. The maximum Gasteiger partial charge on any atom is 0.223 e. The Bertz CT molecular complexity index is 707. The molecule has 0 spiro atoms. The van der Waals surface area contributed by atoms with Crippen molar-refractivity contribution in [2.24, 2.45) is 11.8 Å². The number of benzene rings is 1. The van der Waals surface area contributed by atoms with E-state index < -0.39 is 0 Å². The summed E-state index contributed by atoms with van der Waals surface area (Å²) in [5.74, 6) is 1.18. The minimum Gasteiger partial charge on any atom is -0.356 e. The van der Waals surface area contributed by atoms with E-state index in [1.54, 1.807) is 0 Å². The third-order valence-corrected chi connectivity index (χ3v) is 8.01. The van der Waals surface area contributed by atoms with Gasteiger partial charge in [0.25, 0.3) is 0 Å². The summed E-state index contributed by atoms with van der Waals surface area (Å²) < 4.78 is 0. The highest BCUT2D eigenvalue weighted by Crippen LogP contribution is 2.25. The molecular formula is C26H42N4O. The van der Waals surface area contributed by atoms with Crippen LogP contribution < -0.4 is 5.32 Å². The number of rotatable bonds is 7. The summed E-state index contributed by atoms with van der Waals surface area (Å²) in [6, 6.07) is 9.47. The molecule has 0 radical (unpaired) electrons. The number of carbonyl (C=O) groups is 1. The third kappa shape index (κ3) is 6.09. The molecular weight excluding hydrogens is 384 g/mol. The lowest BCUT2D eigenvalue weighted by molar-refractivity contribution is -0.126. The Morgan fingerprint density at radius 1 is 0.968 bits per heavy atom. The van der Waals surface area contributed by atoms with Crippen LogP contribution in [0.3, 0.4) is 0 Å². The molecule has 0 bridgehead atoms. The lowest BCUT2D eigenvalue weighted by Gasteiger charge is -2.41. The minimum absolute atomic E-state index is 0.223. The normalized spacial score (nSPS) is 25.2. The number of aryl methyl sites for hydroxylation is 1. The van der Waals surface area contributed by atoms with E-state index in [1.165, 1.54) is 50.0 Å². The Labute approximate surface area is 189 Å². The van der Waals surface area contributed by atoms with Crippen molar-refractivity contribution in [3.05, 3.63) is 35.4 Å². The smallest absolute Gasteiger partial charge is 0.223 e. The molecule has 5 heteroatoms. The van der Waals surface area contributed by atoms with Gasteiger partial charge in [-0.1, -0.05) is 31.2 Å². The summed E-state index contributed by atoms with van der Waals surface area (Å²) in [7, 11) is 0. The van der Waals surface area contributed by atoms with E-state index in [9.17, 15) is 4.79 Å². The van der Waals surface area contributed by atoms with Crippen LogP contribution in [0.25, 0.3) is 0 Å². The fourth-order valence-corrected chi connectivity index (χ4v) is 5.75. The molecule has 31 heavy (non-hydrogen) atoms. The second-order valence-corrected chi connectivity index (χ2v) is 10.0. The van der Waals surface area contributed by atoms with Crippen LogP contribution in [0, 0.1) is 18.8 Å². The molecule has 1 aromatic rings. The van der Waals surface area contributed by atoms with E-state index in [0.29, 0.717) is 17.9 Å². The zero-order valence-electron chi connectivity index (χ0n) is 19.7. The number of nitrogens with one attached hydrogen (secondary N) is 1. The minimum atomic E-state index is 0.223. The number of amides is 1. The van der Waals surface area contributed by atoms with Gasteiger partial charge in [-0.25, -0.2) is 0 Å². The summed E-state index contributed by atoms with van der Waals surface area (Å²) in [5, 5.41) is 3.28. The van der Waals surface area contributed by atoms with E-state index in [1.807, 2.05) is 0 Å². The highest BCUT2D eigenvalue weighted by atomic mass is 16.1. The fourth-order valence-electron chi connectivity index (χ4n) is 5.75. The van der Waals surface area contributed by atoms with Gasteiger partial charge in [0, 0.05) is 31.6 Å². The second kappa shape index (κ2) is 10.9. The van der Waals surface area contributed by atoms with Crippen LogP contribution in [0.2, 0.25) is 0 Å². The summed E-state index contributed by atoms with van der Waals surface area (Å²) in [6.07, 6.45) is 5.81. The van der Waals surface area contributed by atoms with Gasteiger partial charge in [-0.3, -0.25) is 9.69 Å². The van der Waals surface area contributed by atoms with Gasteiger partial charge in [0.1, 0.15) is 0 Å². The molecule has 1 N–H and O–H groups in total. The largest absolute Gasteiger partial charge is 0.356 e. The highest BCUT2D eigenvalue weighted by molar-refractivity contribution is 5.78. The van der Waals surface area contributed by atoms with Crippen molar-refractivity contribution >= 4 is 5.91 Å². The Hall–Kier alpha value is -1.43. The molecule has 0 saturated carbocycles. The molecule has 172 valence electrons. The van der Waals surface area contributed by atoms with Crippen LogP contribution >= 0.6 is 0 Å². The van der Waals surface area contributed by atoms with Crippen LogP contribution in [-0.4, -0.2) is 79.0 Å². The van der Waals surface area contributed by atoms with Gasteiger partial charge < -0.3 is 15.1 Å². The van der Waals surface area contributed by atoms with Gasteiger partial charge in [-0.2, -0.15) is 0 Å². The SMILES string of the molecule is CCN1CC[C@H](CNC(=O)C2CCN(C3CCN(Cc4ccccc4C)CC3)CC2)C1. The van der Waals surface area contributed by atoms with Gasteiger partial charge in [-0.05, 0) is 95.3 Å². The number of carbonyl (C=O) groups excluding carboxylic acids is 1. The lowest BCUT2D eigenvalue weighted by atomic mass is 9.92. The average molecular weight is 427 g/mol. The first-order chi connectivity index (χ1) is 15.1. The first-order valence-corrected chi connectivity index (χ1v) is 12.6. The van der Waals surface area contributed by atoms with Crippen molar-refractivity contribution in [2.45, 2.75) is 58.5 Å². The average Bonchev–Trinajstić information content (AvgIpc) is 3.28. The molecule has 5 nitrogen and oxygen atoms in total. The molecule has 1 aromatic carbocycles. The topological polar surface area (TPSA) is 38.8 Å². The number of hydrogen-bond donors (Lipinski definition) is 1. The lowest BCUT2D eigenvalue weighted by Crippen LogP contribution is -2.49. The molecule has 3 fully saturated rings. The summed E-state index contributed by atoms with van der Waals surface area (Å²) in [5.41, 5.74) is 2.87. The van der Waals surface area contributed by atoms with Gasteiger partial charge in [0.05, 0.1) is 0 Å². The van der Waals surface area contributed by atoms with Crippen molar-refractivity contribution in [3.63, 3.8) is 0 Å². The quantitative estimate of drug-likeness (QED) is 0.727. The monoisotopic (exact) mass is 426 g/mol. The number of likely N-dealkylation sites (tertiary alicyclic amines) is 3. The van der Waals surface area contributed by atoms with Gasteiger partial charge in [0.15, 0.2) is 0 Å². The maximum atomic E-state index is 12.7. The molecule has 0 aromatic heterocycles. The predicted octanol–water partition coefficient (Wildman–Crippen LogP) is 3.13. The fraction of sp³-hybridized carbons (Fsp3) is 0.731. The van der Waals surface area contributed by atoms with Crippen molar-refractivity contribution in [3.8, 4) is 0 Å². The second-order valence-electron chi connectivity index (χ2n) is 10.0. The molecule has 0 aliphatic carbocycles. The third-order valence-electron chi connectivity index (χ3n) is 8.01. The zero-order valence-corrected chi connectivity index (χ0v) is 19.7. The standard InChI is InChI=1S/C26H42N4O/c1-3-28-13-8-22(19-28)18-27-26(31)23-9-16-30(17-10-23)25-11-14-29(15-12-25)20-24-7-5-4-6-21(24)2/h4-7,22-23,25H,3,8-20H2,1-2H3,(H,27,31)/t22-/m1/s1. The summed E-state index contributed by atoms with van der Waals surface area (Å²) in [6.45, 7) is 14.4. The van der Waals surface area contributed by atoms with Crippen LogP contribution in [0.1, 0.15) is 50.2 Å². The number of piperidine rings is 2. The molecule has 3 heterocycles. The Morgan fingerprint density at radius 2 is 1.68 bits per heavy atom. The maximum absolute atomic E-state index is 12.7. The molecule has 1 amide bonds. The van der Waals surface area contributed by atoms with Crippen LogP contribution in [-0.2, 0) is 11.3 Å². The van der Waals surface area contributed by atoms with Crippen LogP contribution in [0.15, 0.2) is 24.3 Å². The van der Waals surface area contributed by atoms with Gasteiger partial charge in [-0.15, -0.1) is 0 Å². The molecule has 3 aliphatic heterocycles. The van der Waals surface area contributed by atoms with E-state index in [2.05, 4.69) is 58.1 Å². The molecule has 0 unspecified atom stereocenters. The highest BCUT2D eigenvalue weighted by Gasteiger charge is 2.31. The van der Waals surface area contributed by atoms with E-state index in [4.69, 9.17) is 0 Å². The molecule has 1 atom stereocenters. The van der Waals surface area contributed by atoms with Gasteiger partial charge in [0.2, 0.25) is 5.91 Å².